The molecule has 1 aliphatic heterocycles. The maximum Gasteiger partial charge on any atom is 0.119 e. The summed E-state index contributed by atoms with van der Waals surface area (Å²) in [7, 11) is 1.73. The largest absolute Gasteiger partial charge is 0.497 e. The van der Waals surface area contributed by atoms with E-state index in [1.807, 2.05) is 6.07 Å². The smallest absolute Gasteiger partial charge is 0.119 e. The fourth-order valence-corrected chi connectivity index (χ4v) is 3.33. The molecule has 1 N–H and O–H groups in total. The molecule has 0 aromatic heterocycles. The first kappa shape index (κ1) is 11.6. The van der Waals surface area contributed by atoms with Crippen LogP contribution in [0.15, 0.2) is 29.4 Å². The van der Waals surface area contributed by atoms with Gasteiger partial charge in [0.15, 0.2) is 0 Å². The van der Waals surface area contributed by atoms with Crippen molar-refractivity contribution >= 4 is 5.71 Å². The molecular formula is C15H20N2O. The summed E-state index contributed by atoms with van der Waals surface area (Å²) in [6.45, 7) is 0.973. The van der Waals surface area contributed by atoms with Crippen LogP contribution in [0, 0.1) is 0 Å². The lowest BCUT2D eigenvalue weighted by atomic mass is 9.65. The van der Waals surface area contributed by atoms with Crippen LogP contribution in [-0.4, -0.2) is 19.4 Å². The molecule has 1 fully saturated rings. The van der Waals surface area contributed by atoms with Crippen molar-refractivity contribution in [3.8, 4) is 5.75 Å². The Labute approximate surface area is 108 Å². The summed E-state index contributed by atoms with van der Waals surface area (Å²) in [5, 5.41) is 4.58. The van der Waals surface area contributed by atoms with Gasteiger partial charge in [-0.2, -0.15) is 5.10 Å². The van der Waals surface area contributed by atoms with Crippen LogP contribution in [0.2, 0.25) is 0 Å². The zero-order chi connectivity index (χ0) is 12.4. The van der Waals surface area contributed by atoms with Gasteiger partial charge < -0.3 is 10.2 Å². The summed E-state index contributed by atoms with van der Waals surface area (Å²) in [5.41, 5.74) is 6.05. The molecule has 1 heterocycles. The predicted molar refractivity (Wildman–Crippen MR) is 73.2 cm³/mol. The average molecular weight is 244 g/mol. The third-order valence-corrected chi connectivity index (χ3v) is 4.32. The number of hydrogen-bond acceptors (Lipinski definition) is 3. The van der Waals surface area contributed by atoms with Crippen molar-refractivity contribution in [1.29, 1.82) is 0 Å². The first-order valence-corrected chi connectivity index (χ1v) is 6.80. The van der Waals surface area contributed by atoms with Crippen LogP contribution < -0.4 is 10.2 Å². The summed E-state index contributed by atoms with van der Waals surface area (Å²) >= 11 is 0. The first-order valence-electron chi connectivity index (χ1n) is 6.80. The number of benzene rings is 1. The number of fused-ring (bicyclic) bond motifs is 1. The molecule has 1 aromatic carbocycles. The predicted octanol–water partition coefficient (Wildman–Crippen LogP) is 2.86. The molecule has 0 spiro atoms. The van der Waals surface area contributed by atoms with E-state index in [0.717, 1.165) is 25.1 Å². The Balaban J connectivity index is 2.05. The van der Waals surface area contributed by atoms with E-state index in [2.05, 4.69) is 28.7 Å². The van der Waals surface area contributed by atoms with Gasteiger partial charge in [0.25, 0.3) is 0 Å². The van der Waals surface area contributed by atoms with Crippen LogP contribution in [0.4, 0.5) is 0 Å². The molecule has 1 unspecified atom stereocenters. The van der Waals surface area contributed by atoms with Crippen LogP contribution in [0.25, 0.3) is 0 Å². The van der Waals surface area contributed by atoms with Crippen molar-refractivity contribution in [3.63, 3.8) is 0 Å². The van der Waals surface area contributed by atoms with Gasteiger partial charge in [-0.15, -0.1) is 0 Å². The molecule has 18 heavy (non-hydrogen) atoms. The molecule has 0 saturated heterocycles. The van der Waals surface area contributed by atoms with Gasteiger partial charge in [0, 0.05) is 17.7 Å². The number of rotatable bonds is 2. The first-order chi connectivity index (χ1) is 8.85. The monoisotopic (exact) mass is 244 g/mol. The van der Waals surface area contributed by atoms with E-state index in [0.29, 0.717) is 0 Å². The molecule has 1 aromatic rings. The van der Waals surface area contributed by atoms with Gasteiger partial charge in [-0.25, -0.2) is 0 Å². The topological polar surface area (TPSA) is 33.6 Å². The number of ether oxygens (including phenoxy) is 1. The summed E-state index contributed by atoms with van der Waals surface area (Å²) in [4.78, 5) is 0. The zero-order valence-corrected chi connectivity index (χ0v) is 10.9. The molecule has 3 heteroatoms. The van der Waals surface area contributed by atoms with Gasteiger partial charge in [0.05, 0.1) is 7.11 Å². The lowest BCUT2D eigenvalue weighted by Gasteiger charge is -2.41. The second-order valence-corrected chi connectivity index (χ2v) is 5.24. The Kier molecular flexibility index (Phi) is 2.98. The van der Waals surface area contributed by atoms with Crippen molar-refractivity contribution in [1.82, 2.24) is 5.43 Å². The van der Waals surface area contributed by atoms with Gasteiger partial charge >= 0.3 is 0 Å². The highest BCUT2D eigenvalue weighted by molar-refractivity contribution is 5.96. The fourth-order valence-electron chi connectivity index (χ4n) is 3.33. The molecule has 0 bridgehead atoms. The van der Waals surface area contributed by atoms with Crippen molar-refractivity contribution in [2.45, 2.75) is 37.5 Å². The van der Waals surface area contributed by atoms with E-state index < -0.39 is 0 Å². The van der Waals surface area contributed by atoms with Gasteiger partial charge in [0.2, 0.25) is 0 Å². The fraction of sp³-hybridized carbons (Fsp3) is 0.533. The maximum absolute atomic E-state index is 5.37. The van der Waals surface area contributed by atoms with E-state index in [1.54, 1.807) is 7.11 Å². The van der Waals surface area contributed by atoms with E-state index in [9.17, 15) is 0 Å². The molecule has 1 saturated carbocycles. The Morgan fingerprint density at radius 2 is 2.22 bits per heavy atom. The highest BCUT2D eigenvalue weighted by Gasteiger charge is 2.40. The lowest BCUT2D eigenvalue weighted by molar-refractivity contribution is 0.385. The van der Waals surface area contributed by atoms with Gasteiger partial charge in [-0.05, 0) is 43.4 Å². The standard InChI is InChI=1S/C15H20N2O/c1-18-13-6-4-5-12(11-13)15-8-3-2-7-14(15)17-16-10-9-15/h4-6,11,16H,2-3,7-10H2,1H3. The zero-order valence-electron chi connectivity index (χ0n) is 10.9. The van der Waals surface area contributed by atoms with Crippen LogP contribution in [0.5, 0.6) is 5.75 Å². The minimum Gasteiger partial charge on any atom is -0.497 e. The Hall–Kier alpha value is -1.51. The van der Waals surface area contributed by atoms with Crippen LogP contribution in [0.3, 0.4) is 0 Å². The minimum absolute atomic E-state index is 0.165. The van der Waals surface area contributed by atoms with E-state index in [4.69, 9.17) is 4.74 Å². The van der Waals surface area contributed by atoms with Crippen molar-refractivity contribution in [2.24, 2.45) is 5.10 Å². The molecule has 0 radical (unpaired) electrons. The molecular weight excluding hydrogens is 224 g/mol. The second-order valence-electron chi connectivity index (χ2n) is 5.24. The minimum atomic E-state index is 0.165. The molecule has 3 rings (SSSR count). The Morgan fingerprint density at radius 3 is 3.11 bits per heavy atom. The quantitative estimate of drug-likeness (QED) is 0.868. The Morgan fingerprint density at radius 1 is 1.28 bits per heavy atom. The number of hydrazone groups is 1. The summed E-state index contributed by atoms with van der Waals surface area (Å²) in [6.07, 6.45) is 6.08. The summed E-state index contributed by atoms with van der Waals surface area (Å²) < 4.78 is 5.37. The van der Waals surface area contributed by atoms with Gasteiger partial charge in [0.1, 0.15) is 5.75 Å². The lowest BCUT2D eigenvalue weighted by Crippen LogP contribution is -2.45. The number of nitrogens with zero attached hydrogens (tertiary/aromatic N) is 1. The third kappa shape index (κ3) is 1.78. The van der Waals surface area contributed by atoms with Gasteiger partial charge in [-0.3, -0.25) is 0 Å². The normalized spacial score (nSPS) is 26.8. The highest BCUT2D eigenvalue weighted by atomic mass is 16.5. The summed E-state index contributed by atoms with van der Waals surface area (Å²) in [6, 6.07) is 8.53. The molecule has 2 aliphatic rings. The number of nitrogens with one attached hydrogen (secondary N) is 1. The van der Waals surface area contributed by atoms with Gasteiger partial charge in [-0.1, -0.05) is 18.6 Å². The highest BCUT2D eigenvalue weighted by Crippen LogP contribution is 2.42. The second kappa shape index (κ2) is 4.63. The number of methoxy groups -OCH3 is 1. The van der Waals surface area contributed by atoms with Crippen molar-refractivity contribution in [3.05, 3.63) is 29.8 Å². The SMILES string of the molecule is COc1cccc(C23CCCCC2=NNCC3)c1. The van der Waals surface area contributed by atoms with Crippen LogP contribution in [0.1, 0.15) is 37.7 Å². The van der Waals surface area contributed by atoms with Crippen LogP contribution in [-0.2, 0) is 5.41 Å². The molecule has 1 aliphatic carbocycles. The summed E-state index contributed by atoms with van der Waals surface area (Å²) in [5.74, 6) is 0.949. The van der Waals surface area contributed by atoms with E-state index in [1.165, 1.54) is 30.5 Å². The van der Waals surface area contributed by atoms with Crippen molar-refractivity contribution < 1.29 is 4.74 Å². The van der Waals surface area contributed by atoms with E-state index in [-0.39, 0.29) is 5.41 Å². The number of hydrogen-bond donors (Lipinski definition) is 1. The molecule has 3 nitrogen and oxygen atoms in total. The molecule has 0 amide bonds. The molecule has 96 valence electrons. The Bertz CT molecular complexity index is 469. The van der Waals surface area contributed by atoms with Crippen LogP contribution >= 0.6 is 0 Å². The third-order valence-electron chi connectivity index (χ3n) is 4.32. The molecule has 1 atom stereocenters. The maximum atomic E-state index is 5.37. The van der Waals surface area contributed by atoms with E-state index >= 15 is 0 Å². The van der Waals surface area contributed by atoms with Crippen molar-refractivity contribution in [2.75, 3.05) is 13.7 Å². The average Bonchev–Trinajstić information content (AvgIpc) is 2.47.